The van der Waals surface area contributed by atoms with E-state index in [1.54, 1.807) is 24.3 Å². The Bertz CT molecular complexity index is 2850. The Morgan fingerprint density at radius 1 is 0.371 bits per heavy atom. The fourth-order valence-electron chi connectivity index (χ4n) is 7.78. The molecule has 0 aromatic heterocycles. The topological polar surface area (TPSA) is 105 Å². The number of ether oxygens (including phenoxy) is 1. The second-order valence-electron chi connectivity index (χ2n) is 14.6. The highest BCUT2D eigenvalue weighted by atomic mass is 16.6. The first kappa shape index (κ1) is 39.0. The molecule has 9 aromatic carbocycles. The van der Waals surface area contributed by atoms with Gasteiger partial charge in [-0.2, -0.15) is 0 Å². The van der Waals surface area contributed by atoms with Gasteiger partial charge in [-0.05, 0) is 150 Å². The van der Waals surface area contributed by atoms with E-state index in [2.05, 4.69) is 124 Å². The highest BCUT2D eigenvalue weighted by Crippen LogP contribution is 2.43. The van der Waals surface area contributed by atoms with Crippen LogP contribution >= 0.6 is 0 Å². The Morgan fingerprint density at radius 2 is 0.645 bits per heavy atom. The lowest BCUT2D eigenvalue weighted by atomic mass is 10.1. The molecule has 0 aliphatic carbocycles. The Labute approximate surface area is 358 Å². The van der Waals surface area contributed by atoms with Crippen LogP contribution in [0.15, 0.2) is 206 Å². The maximum Gasteiger partial charge on any atom is 0.269 e. The summed E-state index contributed by atoms with van der Waals surface area (Å²) in [5.74, 6) is 0.769. The third kappa shape index (κ3) is 7.95. The first-order valence-corrected chi connectivity index (χ1v) is 20.1. The van der Waals surface area contributed by atoms with E-state index >= 15 is 0 Å². The first-order chi connectivity index (χ1) is 30.3. The second kappa shape index (κ2) is 17.0. The molecule has 0 fully saturated rings. The van der Waals surface area contributed by atoms with Crippen molar-refractivity contribution in [1.82, 2.24) is 0 Å². The van der Waals surface area contributed by atoms with E-state index in [4.69, 9.17) is 4.74 Å². The van der Waals surface area contributed by atoms with Gasteiger partial charge >= 0.3 is 0 Å². The molecule has 0 aliphatic rings. The van der Waals surface area contributed by atoms with Crippen molar-refractivity contribution in [3.05, 3.63) is 226 Å². The summed E-state index contributed by atoms with van der Waals surface area (Å²) in [5, 5.41) is 27.5. The molecule has 9 rings (SSSR count). The fraction of sp³-hybridized carbons (Fsp3) is 0.0385. The number of fused-ring (bicyclic) bond motifs is 2. The summed E-state index contributed by atoms with van der Waals surface area (Å²) in [6, 6.07) is 66.5. The second-order valence-corrected chi connectivity index (χ2v) is 14.6. The van der Waals surface area contributed by atoms with Crippen LogP contribution in [0.25, 0.3) is 21.5 Å². The first-order valence-electron chi connectivity index (χ1n) is 20.1. The molecule has 0 saturated carbocycles. The van der Waals surface area contributed by atoms with E-state index in [0.29, 0.717) is 6.61 Å². The molecule has 0 bridgehead atoms. The van der Waals surface area contributed by atoms with Crippen LogP contribution in [0, 0.1) is 20.2 Å². The molecule has 10 heteroatoms. The minimum absolute atomic E-state index is 0.0210. The van der Waals surface area contributed by atoms with Gasteiger partial charge in [-0.3, -0.25) is 20.2 Å². The monoisotopic (exact) mass is 813 g/mol. The van der Waals surface area contributed by atoms with Crippen LogP contribution in [-0.4, -0.2) is 16.5 Å². The zero-order valence-corrected chi connectivity index (χ0v) is 33.6. The van der Waals surface area contributed by atoms with Crippen molar-refractivity contribution in [3.8, 4) is 5.75 Å². The maximum absolute atomic E-state index is 11.6. The number of hydrogen-bond donors (Lipinski definition) is 0. The van der Waals surface area contributed by atoms with Gasteiger partial charge in [0, 0.05) is 75.5 Å². The average molecular weight is 814 g/mol. The quantitative estimate of drug-likeness (QED) is 0.0837. The molecule has 0 radical (unpaired) electrons. The molecule has 10 nitrogen and oxygen atoms in total. The van der Waals surface area contributed by atoms with Gasteiger partial charge < -0.3 is 19.4 Å². The summed E-state index contributed by atoms with van der Waals surface area (Å²) in [4.78, 5) is 28.7. The number of nitro benzene ring substituents is 2. The summed E-state index contributed by atoms with van der Waals surface area (Å²) in [6.45, 7) is 2.51. The van der Waals surface area contributed by atoms with Gasteiger partial charge in [0.25, 0.3) is 11.4 Å². The summed E-state index contributed by atoms with van der Waals surface area (Å²) in [5.41, 5.74) is 7.87. The lowest BCUT2D eigenvalue weighted by molar-refractivity contribution is -0.385. The van der Waals surface area contributed by atoms with Gasteiger partial charge in [0.2, 0.25) is 0 Å². The molecule has 0 spiro atoms. The number of hydrogen-bond acceptors (Lipinski definition) is 8. The van der Waals surface area contributed by atoms with Gasteiger partial charge in [-0.15, -0.1) is 0 Å². The average Bonchev–Trinajstić information content (AvgIpc) is 3.31. The zero-order valence-electron chi connectivity index (χ0n) is 33.6. The van der Waals surface area contributed by atoms with Crippen LogP contribution in [0.5, 0.6) is 5.75 Å². The SMILES string of the molecule is CCOc1ccc(N(c2ccc(N(c3ccc([N+](=O)[O-])cc3)c3ccc4ccccc4c3)cc2)c2ccc(N(c3ccc([N+](=O)[O-])cc3)c3ccc4ccccc4c3)cc2)cc1. The minimum Gasteiger partial charge on any atom is -0.494 e. The summed E-state index contributed by atoms with van der Waals surface area (Å²) >= 11 is 0. The molecule has 0 heterocycles. The van der Waals surface area contributed by atoms with Crippen LogP contribution in [0.3, 0.4) is 0 Å². The van der Waals surface area contributed by atoms with Crippen LogP contribution in [0.4, 0.5) is 62.6 Å². The van der Waals surface area contributed by atoms with E-state index in [0.717, 1.165) is 78.5 Å². The predicted octanol–water partition coefficient (Wildman–Crippen LogP) is 14.6. The maximum atomic E-state index is 11.6. The molecule has 0 unspecified atom stereocenters. The number of benzene rings is 9. The highest BCUT2D eigenvalue weighted by molar-refractivity contribution is 5.91. The molecule has 302 valence electrons. The van der Waals surface area contributed by atoms with E-state index in [1.807, 2.05) is 55.5 Å². The summed E-state index contributed by atoms with van der Waals surface area (Å²) in [7, 11) is 0. The zero-order chi connectivity index (χ0) is 42.6. The molecule has 0 saturated heterocycles. The van der Waals surface area contributed by atoms with Crippen LogP contribution < -0.4 is 19.4 Å². The molecule has 9 aromatic rings. The van der Waals surface area contributed by atoms with Gasteiger partial charge in [0.05, 0.1) is 16.5 Å². The fourth-order valence-corrected chi connectivity index (χ4v) is 7.78. The van der Waals surface area contributed by atoms with Gasteiger partial charge in [0.1, 0.15) is 5.75 Å². The van der Waals surface area contributed by atoms with Crippen molar-refractivity contribution in [2.24, 2.45) is 0 Å². The molecular weight excluding hydrogens is 775 g/mol. The van der Waals surface area contributed by atoms with Crippen LogP contribution in [0.2, 0.25) is 0 Å². The van der Waals surface area contributed by atoms with Crippen molar-refractivity contribution in [1.29, 1.82) is 0 Å². The normalized spacial score (nSPS) is 11.0. The summed E-state index contributed by atoms with van der Waals surface area (Å²) in [6.07, 6.45) is 0. The highest BCUT2D eigenvalue weighted by Gasteiger charge is 2.20. The van der Waals surface area contributed by atoms with Crippen molar-refractivity contribution in [3.63, 3.8) is 0 Å². The third-order valence-corrected chi connectivity index (χ3v) is 10.8. The van der Waals surface area contributed by atoms with Gasteiger partial charge in [-0.1, -0.05) is 60.7 Å². The Morgan fingerprint density at radius 3 is 0.968 bits per heavy atom. The van der Waals surface area contributed by atoms with E-state index in [1.165, 1.54) is 24.3 Å². The van der Waals surface area contributed by atoms with Crippen molar-refractivity contribution in [2.75, 3.05) is 21.3 Å². The number of anilines is 9. The van der Waals surface area contributed by atoms with Crippen molar-refractivity contribution >= 4 is 84.1 Å². The van der Waals surface area contributed by atoms with E-state index in [9.17, 15) is 20.2 Å². The van der Waals surface area contributed by atoms with Gasteiger partial charge in [-0.25, -0.2) is 0 Å². The lowest BCUT2D eigenvalue weighted by Gasteiger charge is -2.29. The Hall–Kier alpha value is -8.50. The Kier molecular flexibility index (Phi) is 10.7. The van der Waals surface area contributed by atoms with E-state index in [-0.39, 0.29) is 11.4 Å². The molecule has 62 heavy (non-hydrogen) atoms. The van der Waals surface area contributed by atoms with Crippen LogP contribution in [-0.2, 0) is 0 Å². The molecule has 0 aliphatic heterocycles. The van der Waals surface area contributed by atoms with E-state index < -0.39 is 9.85 Å². The lowest BCUT2D eigenvalue weighted by Crippen LogP contribution is -2.13. The molecule has 0 amide bonds. The number of nitrogens with zero attached hydrogens (tertiary/aromatic N) is 5. The Balaban J connectivity index is 1.12. The van der Waals surface area contributed by atoms with Gasteiger partial charge in [0.15, 0.2) is 0 Å². The largest absolute Gasteiger partial charge is 0.494 e. The third-order valence-electron chi connectivity index (χ3n) is 10.8. The molecular formula is C52H39N5O5. The van der Waals surface area contributed by atoms with Crippen LogP contribution in [0.1, 0.15) is 6.92 Å². The number of rotatable bonds is 13. The van der Waals surface area contributed by atoms with Crippen molar-refractivity contribution < 1.29 is 14.6 Å². The molecule has 0 N–H and O–H groups in total. The number of non-ortho nitro benzene ring substituents is 2. The number of nitro groups is 2. The van der Waals surface area contributed by atoms with Crippen molar-refractivity contribution in [2.45, 2.75) is 6.92 Å². The minimum atomic E-state index is -0.391. The smallest absolute Gasteiger partial charge is 0.269 e. The predicted molar refractivity (Wildman–Crippen MR) is 250 cm³/mol. The molecule has 0 atom stereocenters. The standard InChI is InChI=1S/C52H39N5O5/c1-2-62-52-33-31-47(32-34-52)53(41-15-19-43(20-16-41)54(45-23-27-48(28-24-45)56(58)59)50-13-11-37-7-3-5-9-39(37)35-50)42-17-21-44(22-18-42)55(46-25-29-49(30-26-46)57(60)61)51-14-12-38-8-4-6-10-40(38)36-51/h3-36H,2H2,1H3. The summed E-state index contributed by atoms with van der Waals surface area (Å²) < 4.78 is 5.79.